The number of hydrogen-bond acceptors (Lipinski definition) is 2. The van der Waals surface area contributed by atoms with E-state index in [4.69, 9.17) is 4.74 Å². The minimum absolute atomic E-state index is 0.129. The number of hydrogen-bond donors (Lipinski definition) is 0. The van der Waals surface area contributed by atoms with Crippen LogP contribution in [0.1, 0.15) is 39.5 Å². The normalized spacial score (nSPS) is 11.3. The van der Waals surface area contributed by atoms with Gasteiger partial charge in [0.05, 0.1) is 13.0 Å². The van der Waals surface area contributed by atoms with Crippen molar-refractivity contribution in [1.29, 1.82) is 0 Å². The van der Waals surface area contributed by atoms with Gasteiger partial charge in [-0.25, -0.2) is 0 Å². The molecule has 14 heavy (non-hydrogen) atoms. The van der Waals surface area contributed by atoms with Gasteiger partial charge in [0.1, 0.15) is 0 Å². The maximum atomic E-state index is 11.1. The summed E-state index contributed by atoms with van der Waals surface area (Å²) in [5, 5.41) is 0. The van der Waals surface area contributed by atoms with E-state index < -0.39 is 0 Å². The molecule has 0 radical (unpaired) electrons. The molecule has 0 spiro atoms. The van der Waals surface area contributed by atoms with E-state index in [1.807, 2.05) is 32.1 Å². The fourth-order valence-corrected chi connectivity index (χ4v) is 0.959. The molecule has 0 rings (SSSR count). The number of carbonyl (C=O) groups is 1. The Labute approximate surface area is 86.6 Å². The molecule has 0 bridgehead atoms. The number of esters is 1. The Hall–Kier alpha value is -1.05. The van der Waals surface area contributed by atoms with Gasteiger partial charge in [-0.15, -0.1) is 0 Å². The molecule has 80 valence electrons. The summed E-state index contributed by atoms with van der Waals surface area (Å²) in [7, 11) is 0. The standard InChI is InChI=1S/C12H20O2/c1-3-5-7-9-11-14-12(13)10-8-6-4-2/h3,5-6,8H,4,7,9-11H2,1-2H3/b5-3-,8-6+. The second-order valence-corrected chi connectivity index (χ2v) is 3.02. The molecular weight excluding hydrogens is 176 g/mol. The maximum Gasteiger partial charge on any atom is 0.309 e. The molecule has 0 amide bonds. The summed E-state index contributed by atoms with van der Waals surface area (Å²) in [6, 6.07) is 0. The van der Waals surface area contributed by atoms with Crippen LogP contribution in [-0.4, -0.2) is 12.6 Å². The third-order valence-corrected chi connectivity index (χ3v) is 1.70. The highest BCUT2D eigenvalue weighted by molar-refractivity contribution is 5.71. The largest absolute Gasteiger partial charge is 0.465 e. The highest BCUT2D eigenvalue weighted by atomic mass is 16.5. The third kappa shape index (κ3) is 9.04. The summed E-state index contributed by atoms with van der Waals surface area (Å²) >= 11 is 0. The summed E-state index contributed by atoms with van der Waals surface area (Å²) in [5.74, 6) is -0.129. The molecule has 0 fully saturated rings. The first kappa shape index (κ1) is 12.9. The summed E-state index contributed by atoms with van der Waals surface area (Å²) in [4.78, 5) is 11.1. The highest BCUT2D eigenvalue weighted by Crippen LogP contribution is 1.95. The number of carbonyl (C=O) groups excluding carboxylic acids is 1. The summed E-state index contributed by atoms with van der Waals surface area (Å²) in [6.45, 7) is 4.56. The Kier molecular flexibility index (Phi) is 9.28. The van der Waals surface area contributed by atoms with Gasteiger partial charge in [0.25, 0.3) is 0 Å². The second kappa shape index (κ2) is 10.0. The van der Waals surface area contributed by atoms with E-state index in [1.54, 1.807) is 0 Å². The van der Waals surface area contributed by atoms with Crippen LogP contribution in [0, 0.1) is 0 Å². The minimum Gasteiger partial charge on any atom is -0.465 e. The molecule has 0 aromatic carbocycles. The van der Waals surface area contributed by atoms with E-state index in [0.29, 0.717) is 13.0 Å². The number of rotatable bonds is 7. The van der Waals surface area contributed by atoms with Gasteiger partial charge in [-0.1, -0.05) is 31.2 Å². The van der Waals surface area contributed by atoms with E-state index in [9.17, 15) is 4.79 Å². The molecule has 0 saturated carbocycles. The molecule has 0 aliphatic rings. The zero-order chi connectivity index (χ0) is 10.6. The number of ether oxygens (including phenoxy) is 1. The van der Waals surface area contributed by atoms with Crippen molar-refractivity contribution in [3.63, 3.8) is 0 Å². The molecule has 0 aromatic rings. The Bertz CT molecular complexity index is 192. The summed E-state index contributed by atoms with van der Waals surface area (Å²) < 4.78 is 5.01. The lowest BCUT2D eigenvalue weighted by molar-refractivity contribution is -0.142. The fraction of sp³-hybridized carbons (Fsp3) is 0.583. The van der Waals surface area contributed by atoms with E-state index >= 15 is 0 Å². The SMILES string of the molecule is C/C=C\CCCOC(=O)C/C=C/CC. The van der Waals surface area contributed by atoms with Gasteiger partial charge in [0, 0.05) is 0 Å². The van der Waals surface area contributed by atoms with Crippen LogP contribution in [0.25, 0.3) is 0 Å². The van der Waals surface area contributed by atoms with E-state index in [1.165, 1.54) is 0 Å². The van der Waals surface area contributed by atoms with Crippen molar-refractivity contribution in [3.05, 3.63) is 24.3 Å². The van der Waals surface area contributed by atoms with Gasteiger partial charge >= 0.3 is 5.97 Å². The monoisotopic (exact) mass is 196 g/mol. The van der Waals surface area contributed by atoms with Crippen LogP contribution in [0.3, 0.4) is 0 Å². The van der Waals surface area contributed by atoms with Crippen molar-refractivity contribution in [2.45, 2.75) is 39.5 Å². The van der Waals surface area contributed by atoms with Gasteiger partial charge in [0.15, 0.2) is 0 Å². The first-order chi connectivity index (χ1) is 6.81. The first-order valence-electron chi connectivity index (χ1n) is 5.23. The van der Waals surface area contributed by atoms with E-state index in [-0.39, 0.29) is 5.97 Å². The minimum atomic E-state index is -0.129. The third-order valence-electron chi connectivity index (χ3n) is 1.70. The quantitative estimate of drug-likeness (QED) is 0.355. The van der Waals surface area contributed by atoms with Crippen molar-refractivity contribution in [2.24, 2.45) is 0 Å². The molecule has 0 aliphatic heterocycles. The topological polar surface area (TPSA) is 26.3 Å². The molecular formula is C12H20O2. The molecule has 0 atom stereocenters. The smallest absolute Gasteiger partial charge is 0.309 e. The average molecular weight is 196 g/mol. The summed E-state index contributed by atoms with van der Waals surface area (Å²) in [5.41, 5.74) is 0. The van der Waals surface area contributed by atoms with Crippen molar-refractivity contribution >= 4 is 5.97 Å². The molecule has 0 unspecified atom stereocenters. The highest BCUT2D eigenvalue weighted by Gasteiger charge is 1.97. The predicted molar refractivity (Wildman–Crippen MR) is 59.1 cm³/mol. The van der Waals surface area contributed by atoms with Crippen LogP contribution in [0.4, 0.5) is 0 Å². The van der Waals surface area contributed by atoms with Gasteiger partial charge in [-0.3, -0.25) is 4.79 Å². The van der Waals surface area contributed by atoms with Gasteiger partial charge in [-0.05, 0) is 26.2 Å². The van der Waals surface area contributed by atoms with Gasteiger partial charge < -0.3 is 4.74 Å². The van der Waals surface area contributed by atoms with Crippen LogP contribution in [0.5, 0.6) is 0 Å². The molecule has 0 N–H and O–H groups in total. The van der Waals surface area contributed by atoms with Crippen LogP contribution in [-0.2, 0) is 9.53 Å². The second-order valence-electron chi connectivity index (χ2n) is 3.02. The van der Waals surface area contributed by atoms with Crippen molar-refractivity contribution in [1.82, 2.24) is 0 Å². The van der Waals surface area contributed by atoms with Crippen LogP contribution < -0.4 is 0 Å². The Balaban J connectivity index is 3.31. The molecule has 2 heteroatoms. The maximum absolute atomic E-state index is 11.1. The van der Waals surface area contributed by atoms with Crippen molar-refractivity contribution < 1.29 is 9.53 Å². The summed E-state index contributed by atoms with van der Waals surface area (Å²) in [6.07, 6.45) is 11.2. The zero-order valence-electron chi connectivity index (χ0n) is 9.16. The van der Waals surface area contributed by atoms with Gasteiger partial charge in [-0.2, -0.15) is 0 Å². The van der Waals surface area contributed by atoms with Crippen LogP contribution >= 0.6 is 0 Å². The molecule has 2 nitrogen and oxygen atoms in total. The number of unbranched alkanes of at least 4 members (excludes halogenated alkanes) is 1. The van der Waals surface area contributed by atoms with Crippen molar-refractivity contribution in [2.75, 3.05) is 6.61 Å². The number of allylic oxidation sites excluding steroid dienone is 3. The molecule has 0 aliphatic carbocycles. The first-order valence-corrected chi connectivity index (χ1v) is 5.23. The Morgan fingerprint density at radius 2 is 2.07 bits per heavy atom. The average Bonchev–Trinajstić information content (AvgIpc) is 2.18. The van der Waals surface area contributed by atoms with Crippen molar-refractivity contribution in [3.8, 4) is 0 Å². The molecule has 0 heterocycles. The molecule has 0 saturated heterocycles. The Morgan fingerprint density at radius 3 is 2.71 bits per heavy atom. The lowest BCUT2D eigenvalue weighted by Crippen LogP contribution is -2.03. The lowest BCUT2D eigenvalue weighted by atomic mass is 10.3. The lowest BCUT2D eigenvalue weighted by Gasteiger charge is -2.00. The predicted octanol–water partition coefficient (Wildman–Crippen LogP) is 3.24. The van der Waals surface area contributed by atoms with E-state index in [0.717, 1.165) is 19.3 Å². The zero-order valence-corrected chi connectivity index (χ0v) is 9.16. The van der Waals surface area contributed by atoms with Gasteiger partial charge in [0.2, 0.25) is 0 Å². The van der Waals surface area contributed by atoms with Crippen LogP contribution in [0.2, 0.25) is 0 Å². The molecule has 0 aromatic heterocycles. The fourth-order valence-electron chi connectivity index (χ4n) is 0.959. The van der Waals surface area contributed by atoms with E-state index in [2.05, 4.69) is 6.08 Å². The van der Waals surface area contributed by atoms with Crippen LogP contribution in [0.15, 0.2) is 24.3 Å². The Morgan fingerprint density at radius 1 is 1.29 bits per heavy atom.